The summed E-state index contributed by atoms with van der Waals surface area (Å²) in [7, 11) is -3.55. The smallest absolute Gasteiger partial charge is 0.240 e. The minimum Gasteiger partial charge on any atom is -0.338 e. The Morgan fingerprint density at radius 2 is 1.93 bits per heavy atom. The molecule has 4 aromatic rings. The SMILES string of the molecule is CCCCNS(=O)(=O)c1ccc2[nH]c3nc(SCCc4ccccc4)nnc3c2c1. The van der Waals surface area contributed by atoms with Crippen molar-refractivity contribution in [3.05, 3.63) is 54.1 Å². The number of hydrogen-bond acceptors (Lipinski definition) is 6. The second kappa shape index (κ2) is 9.11. The van der Waals surface area contributed by atoms with Gasteiger partial charge in [-0.15, -0.1) is 10.2 Å². The zero-order chi connectivity index (χ0) is 21.0. The monoisotopic (exact) mass is 441 g/mol. The maximum absolute atomic E-state index is 12.5. The minimum absolute atomic E-state index is 0.218. The van der Waals surface area contributed by atoms with Crippen LogP contribution in [0.1, 0.15) is 25.3 Å². The summed E-state index contributed by atoms with van der Waals surface area (Å²) < 4.78 is 27.7. The van der Waals surface area contributed by atoms with Crippen LogP contribution in [-0.4, -0.2) is 40.9 Å². The van der Waals surface area contributed by atoms with Gasteiger partial charge in [0.15, 0.2) is 5.65 Å². The third-order valence-electron chi connectivity index (χ3n) is 4.76. The van der Waals surface area contributed by atoms with Gasteiger partial charge in [-0.3, -0.25) is 0 Å². The number of H-pyrrole nitrogens is 1. The zero-order valence-corrected chi connectivity index (χ0v) is 18.3. The highest BCUT2D eigenvalue weighted by molar-refractivity contribution is 7.99. The van der Waals surface area contributed by atoms with Crippen molar-refractivity contribution in [1.29, 1.82) is 0 Å². The van der Waals surface area contributed by atoms with Crippen LogP contribution in [0.15, 0.2) is 58.6 Å². The van der Waals surface area contributed by atoms with Crippen LogP contribution in [-0.2, 0) is 16.4 Å². The van der Waals surface area contributed by atoms with Gasteiger partial charge in [-0.05, 0) is 36.6 Å². The summed E-state index contributed by atoms with van der Waals surface area (Å²) in [4.78, 5) is 8.00. The summed E-state index contributed by atoms with van der Waals surface area (Å²) in [5, 5.41) is 9.84. The molecular formula is C21H23N5O2S2. The average Bonchev–Trinajstić information content (AvgIpc) is 3.11. The summed E-state index contributed by atoms with van der Waals surface area (Å²) in [6.07, 6.45) is 2.65. The van der Waals surface area contributed by atoms with Crippen molar-refractivity contribution in [1.82, 2.24) is 24.9 Å². The lowest BCUT2D eigenvalue weighted by molar-refractivity contribution is 0.578. The van der Waals surface area contributed by atoms with Gasteiger partial charge in [0.25, 0.3) is 0 Å². The molecule has 0 radical (unpaired) electrons. The number of rotatable bonds is 9. The van der Waals surface area contributed by atoms with E-state index in [0.717, 1.165) is 30.5 Å². The fraction of sp³-hybridized carbons (Fsp3) is 0.286. The average molecular weight is 442 g/mol. The Balaban J connectivity index is 1.54. The van der Waals surface area contributed by atoms with Gasteiger partial charge in [0.2, 0.25) is 15.2 Å². The molecule has 0 spiro atoms. The molecule has 0 atom stereocenters. The molecule has 0 unspecified atom stereocenters. The fourth-order valence-electron chi connectivity index (χ4n) is 3.14. The highest BCUT2D eigenvalue weighted by Gasteiger charge is 2.17. The van der Waals surface area contributed by atoms with E-state index in [4.69, 9.17) is 0 Å². The van der Waals surface area contributed by atoms with Crippen LogP contribution in [0.2, 0.25) is 0 Å². The number of unbranched alkanes of at least 4 members (excludes halogenated alkanes) is 1. The van der Waals surface area contributed by atoms with E-state index in [1.807, 2.05) is 25.1 Å². The lowest BCUT2D eigenvalue weighted by Gasteiger charge is -2.06. The Kier molecular flexibility index (Phi) is 6.31. The first kappa shape index (κ1) is 20.8. The van der Waals surface area contributed by atoms with Crippen LogP contribution in [0.3, 0.4) is 0 Å². The van der Waals surface area contributed by atoms with E-state index in [1.165, 1.54) is 5.56 Å². The molecule has 2 aromatic carbocycles. The van der Waals surface area contributed by atoms with Gasteiger partial charge in [-0.1, -0.05) is 55.4 Å². The number of benzene rings is 2. The maximum Gasteiger partial charge on any atom is 0.240 e. The second-order valence-electron chi connectivity index (χ2n) is 6.96. The molecule has 9 heteroatoms. The maximum atomic E-state index is 12.5. The Morgan fingerprint density at radius 1 is 1.10 bits per heavy atom. The number of nitrogens with zero attached hydrogens (tertiary/aromatic N) is 3. The van der Waals surface area contributed by atoms with E-state index in [-0.39, 0.29) is 4.90 Å². The van der Waals surface area contributed by atoms with Crippen molar-refractivity contribution in [2.45, 2.75) is 36.2 Å². The quantitative estimate of drug-likeness (QED) is 0.302. The molecule has 30 heavy (non-hydrogen) atoms. The normalized spacial score (nSPS) is 12.0. The number of aryl methyl sites for hydroxylation is 1. The third-order valence-corrected chi connectivity index (χ3v) is 7.06. The number of aromatic amines is 1. The molecule has 156 valence electrons. The van der Waals surface area contributed by atoms with Gasteiger partial charge in [-0.2, -0.15) is 0 Å². The molecule has 2 N–H and O–H groups in total. The van der Waals surface area contributed by atoms with Gasteiger partial charge < -0.3 is 4.98 Å². The molecule has 0 aliphatic rings. The zero-order valence-electron chi connectivity index (χ0n) is 16.6. The molecule has 0 saturated heterocycles. The molecular weight excluding hydrogens is 418 g/mol. The first-order chi connectivity index (χ1) is 14.6. The van der Waals surface area contributed by atoms with Crippen LogP contribution < -0.4 is 4.72 Å². The minimum atomic E-state index is -3.55. The van der Waals surface area contributed by atoms with Crippen molar-refractivity contribution >= 4 is 43.9 Å². The van der Waals surface area contributed by atoms with Crippen molar-refractivity contribution in [3.8, 4) is 0 Å². The van der Waals surface area contributed by atoms with E-state index >= 15 is 0 Å². The van der Waals surface area contributed by atoms with Gasteiger partial charge >= 0.3 is 0 Å². The molecule has 7 nitrogen and oxygen atoms in total. The molecule has 0 amide bonds. The largest absolute Gasteiger partial charge is 0.338 e. The third kappa shape index (κ3) is 4.63. The van der Waals surface area contributed by atoms with Crippen LogP contribution >= 0.6 is 11.8 Å². The summed E-state index contributed by atoms with van der Waals surface area (Å²) in [6.45, 7) is 2.45. The number of thioether (sulfide) groups is 1. The Hall–Kier alpha value is -2.49. The molecule has 0 aliphatic heterocycles. The summed E-state index contributed by atoms with van der Waals surface area (Å²) in [5.74, 6) is 0.850. The molecule has 0 saturated carbocycles. The van der Waals surface area contributed by atoms with Gasteiger partial charge in [-0.25, -0.2) is 18.1 Å². The number of hydrogen-bond donors (Lipinski definition) is 2. The highest BCUT2D eigenvalue weighted by atomic mass is 32.2. The van der Waals surface area contributed by atoms with E-state index < -0.39 is 10.0 Å². The van der Waals surface area contributed by atoms with Crippen molar-refractivity contribution < 1.29 is 8.42 Å². The molecule has 2 heterocycles. The second-order valence-corrected chi connectivity index (χ2v) is 9.79. The predicted molar refractivity (Wildman–Crippen MR) is 120 cm³/mol. The number of sulfonamides is 1. The fourth-order valence-corrected chi connectivity index (χ4v) is 5.01. The topological polar surface area (TPSA) is 101 Å². The lowest BCUT2D eigenvalue weighted by Crippen LogP contribution is -2.24. The van der Waals surface area contributed by atoms with Crippen LogP contribution in [0.5, 0.6) is 0 Å². The molecule has 0 bridgehead atoms. The van der Waals surface area contributed by atoms with Gasteiger partial charge in [0, 0.05) is 23.2 Å². The van der Waals surface area contributed by atoms with E-state index in [9.17, 15) is 8.42 Å². The Morgan fingerprint density at radius 3 is 2.73 bits per heavy atom. The predicted octanol–water partition coefficient (Wildman–Crippen LogP) is 3.92. The first-order valence-electron chi connectivity index (χ1n) is 9.89. The van der Waals surface area contributed by atoms with Crippen LogP contribution in [0.25, 0.3) is 22.1 Å². The van der Waals surface area contributed by atoms with Crippen LogP contribution in [0, 0.1) is 0 Å². The summed E-state index contributed by atoms with van der Waals surface area (Å²) in [6, 6.07) is 15.2. The lowest BCUT2D eigenvalue weighted by atomic mass is 10.2. The van der Waals surface area contributed by atoms with E-state index in [2.05, 4.69) is 37.0 Å². The number of nitrogens with one attached hydrogen (secondary N) is 2. The summed E-state index contributed by atoms with van der Waals surface area (Å²) in [5.41, 5.74) is 3.23. The van der Waals surface area contributed by atoms with Crippen molar-refractivity contribution in [3.63, 3.8) is 0 Å². The molecule has 4 rings (SSSR count). The highest BCUT2D eigenvalue weighted by Crippen LogP contribution is 2.26. The molecule has 0 aliphatic carbocycles. The van der Waals surface area contributed by atoms with Gasteiger partial charge in [0.05, 0.1) is 4.90 Å². The van der Waals surface area contributed by atoms with E-state index in [0.29, 0.717) is 28.3 Å². The first-order valence-corrected chi connectivity index (χ1v) is 12.4. The standard InChI is InChI=1S/C21H23N5O2S2/c1-2-3-12-22-30(27,28)16-9-10-18-17(14-16)19-20(23-18)24-21(26-25-19)29-13-11-15-7-5-4-6-8-15/h4-10,14,22H,2-3,11-13H2,1H3,(H,23,24,26). The summed E-state index contributed by atoms with van der Waals surface area (Å²) >= 11 is 1.55. The number of aromatic nitrogens is 4. The Bertz CT molecular complexity index is 1260. The van der Waals surface area contributed by atoms with Crippen molar-refractivity contribution in [2.24, 2.45) is 0 Å². The van der Waals surface area contributed by atoms with Gasteiger partial charge in [0.1, 0.15) is 5.52 Å². The van der Waals surface area contributed by atoms with Crippen molar-refractivity contribution in [2.75, 3.05) is 12.3 Å². The number of fused-ring (bicyclic) bond motifs is 3. The molecule has 2 aromatic heterocycles. The van der Waals surface area contributed by atoms with E-state index in [1.54, 1.807) is 30.0 Å². The Labute approximate surface area is 179 Å². The molecule has 0 fully saturated rings. The van der Waals surface area contributed by atoms with Crippen LogP contribution in [0.4, 0.5) is 0 Å².